The number of carbonyl (C=O) groups is 3. The number of hydrogen-bond donors (Lipinski definition) is 4. The average Bonchev–Trinajstić information content (AvgIpc) is 2.75. The molecule has 2 heterocycles. The average molecular weight is 477 g/mol. The highest BCUT2D eigenvalue weighted by Gasteiger charge is 2.41. The van der Waals surface area contributed by atoms with Crippen LogP contribution in [0.4, 0.5) is 5.69 Å². The first-order valence-corrected chi connectivity index (χ1v) is 10.9. The van der Waals surface area contributed by atoms with E-state index in [4.69, 9.17) is 23.2 Å². The van der Waals surface area contributed by atoms with E-state index in [1.54, 1.807) is 23.1 Å². The molecule has 1 saturated heterocycles. The van der Waals surface area contributed by atoms with Gasteiger partial charge in [-0.25, -0.2) is 4.90 Å². The molecule has 1 fully saturated rings. The van der Waals surface area contributed by atoms with E-state index >= 15 is 0 Å². The Balaban J connectivity index is 1.49. The maximum atomic E-state index is 12.4. The molecule has 4 N–H and O–H groups in total. The van der Waals surface area contributed by atoms with Gasteiger partial charge in [0.05, 0.1) is 22.3 Å². The van der Waals surface area contributed by atoms with E-state index < -0.39 is 18.2 Å². The van der Waals surface area contributed by atoms with Gasteiger partial charge >= 0.3 is 0 Å². The number of carbonyl (C=O) groups excluding carboxylic acids is 3. The first kappa shape index (κ1) is 22.5. The summed E-state index contributed by atoms with van der Waals surface area (Å²) in [7, 11) is 0. The Morgan fingerprint density at radius 1 is 1.19 bits per heavy atom. The Bertz CT molecular complexity index is 1090. The molecule has 0 radical (unpaired) electrons. The van der Waals surface area contributed by atoms with Crippen LogP contribution >= 0.6 is 23.2 Å². The molecule has 0 saturated carbocycles. The summed E-state index contributed by atoms with van der Waals surface area (Å²) in [6.07, 6.45) is -0.805. The predicted molar refractivity (Wildman–Crippen MR) is 120 cm³/mol. The molecule has 0 spiro atoms. The SMILES string of the molecule is CC1Nc2ccc(CNC(=O)c3ccc(Cl)c(Cl)c3)cc2C(O)N1C1CCC(=O)NC1=O. The standard InChI is InChI=1S/C22H22Cl2N4O4/c1-11-26-17-5-2-12(10-25-20(30)13-3-4-15(23)16(24)9-13)8-14(17)22(32)28(11)18-6-7-19(29)27-21(18)31/h2-5,8-9,11,18,22,26,32H,6-7,10H2,1H3,(H,25,30)(H,27,29,31). The number of rotatable bonds is 4. The van der Waals surface area contributed by atoms with Gasteiger partial charge in [-0.15, -0.1) is 0 Å². The first-order chi connectivity index (χ1) is 15.2. The Kier molecular flexibility index (Phi) is 6.39. The van der Waals surface area contributed by atoms with Gasteiger partial charge in [0.1, 0.15) is 6.23 Å². The third-order valence-electron chi connectivity index (χ3n) is 5.69. The van der Waals surface area contributed by atoms with Crippen LogP contribution in [0.15, 0.2) is 36.4 Å². The summed E-state index contributed by atoms with van der Waals surface area (Å²) in [5.41, 5.74) is 2.50. The molecule has 2 aromatic carbocycles. The first-order valence-electron chi connectivity index (χ1n) is 10.2. The van der Waals surface area contributed by atoms with Crippen LogP contribution in [0, 0.1) is 0 Å². The topological polar surface area (TPSA) is 111 Å². The number of nitrogens with zero attached hydrogens (tertiary/aromatic N) is 1. The van der Waals surface area contributed by atoms with Crippen LogP contribution in [0.2, 0.25) is 10.0 Å². The fraction of sp³-hybridized carbons (Fsp3) is 0.318. The Morgan fingerprint density at radius 2 is 1.97 bits per heavy atom. The number of hydrogen-bond acceptors (Lipinski definition) is 6. The summed E-state index contributed by atoms with van der Waals surface area (Å²) in [5, 5.41) is 20.2. The molecule has 3 amide bonds. The second-order valence-corrected chi connectivity index (χ2v) is 8.66. The number of aliphatic hydroxyl groups excluding tert-OH is 1. The molecule has 3 atom stereocenters. The highest BCUT2D eigenvalue weighted by molar-refractivity contribution is 6.42. The normalized spacial score (nSPS) is 23.2. The van der Waals surface area contributed by atoms with Gasteiger partial charge in [-0.2, -0.15) is 0 Å². The fourth-order valence-corrected chi connectivity index (χ4v) is 4.37. The van der Waals surface area contributed by atoms with Crippen molar-refractivity contribution in [3.05, 3.63) is 63.1 Å². The van der Waals surface area contributed by atoms with Crippen molar-refractivity contribution in [2.45, 2.75) is 44.7 Å². The van der Waals surface area contributed by atoms with Crippen LogP contribution in [0.5, 0.6) is 0 Å². The zero-order valence-corrected chi connectivity index (χ0v) is 18.7. The van der Waals surface area contributed by atoms with Crippen molar-refractivity contribution < 1.29 is 19.5 Å². The monoisotopic (exact) mass is 476 g/mol. The Morgan fingerprint density at radius 3 is 2.69 bits per heavy atom. The summed E-state index contributed by atoms with van der Waals surface area (Å²) in [4.78, 5) is 37.9. The number of piperidine rings is 1. The van der Waals surface area contributed by atoms with E-state index in [0.29, 0.717) is 27.6 Å². The van der Waals surface area contributed by atoms with E-state index in [0.717, 1.165) is 11.3 Å². The third kappa shape index (κ3) is 4.45. The van der Waals surface area contributed by atoms with Crippen LogP contribution in [0.25, 0.3) is 0 Å². The second-order valence-electron chi connectivity index (χ2n) is 7.84. The zero-order chi connectivity index (χ0) is 23.0. The van der Waals surface area contributed by atoms with Crippen LogP contribution in [-0.4, -0.2) is 39.9 Å². The lowest BCUT2D eigenvalue weighted by Gasteiger charge is -2.44. The number of aliphatic hydroxyl groups is 1. The molecular weight excluding hydrogens is 455 g/mol. The lowest BCUT2D eigenvalue weighted by Crippen LogP contribution is -2.58. The highest BCUT2D eigenvalue weighted by atomic mass is 35.5. The summed E-state index contributed by atoms with van der Waals surface area (Å²) < 4.78 is 0. The summed E-state index contributed by atoms with van der Waals surface area (Å²) in [6.45, 7) is 2.08. The minimum absolute atomic E-state index is 0.222. The van der Waals surface area contributed by atoms with Crippen LogP contribution < -0.4 is 16.0 Å². The van der Waals surface area contributed by atoms with Gasteiger partial charge in [0.2, 0.25) is 11.8 Å². The molecule has 0 aliphatic carbocycles. The van der Waals surface area contributed by atoms with Gasteiger partial charge in [0.15, 0.2) is 0 Å². The van der Waals surface area contributed by atoms with E-state index in [9.17, 15) is 19.5 Å². The fourth-order valence-electron chi connectivity index (χ4n) is 4.07. The molecule has 2 aromatic rings. The van der Waals surface area contributed by atoms with Gasteiger partial charge < -0.3 is 15.7 Å². The Hall–Kier alpha value is -2.65. The second kappa shape index (κ2) is 9.07. The molecule has 8 nitrogen and oxygen atoms in total. The van der Waals surface area contributed by atoms with Gasteiger partial charge in [0.25, 0.3) is 5.91 Å². The van der Waals surface area contributed by atoms with E-state index in [1.807, 2.05) is 19.1 Å². The van der Waals surface area contributed by atoms with Gasteiger partial charge in [-0.05, 0) is 49.2 Å². The smallest absolute Gasteiger partial charge is 0.251 e. The van der Waals surface area contributed by atoms with E-state index in [1.165, 1.54) is 6.07 Å². The molecule has 0 aromatic heterocycles. The maximum absolute atomic E-state index is 12.4. The molecule has 2 aliphatic heterocycles. The summed E-state index contributed by atoms with van der Waals surface area (Å²) >= 11 is 11.9. The van der Waals surface area contributed by atoms with Crippen molar-refractivity contribution in [1.82, 2.24) is 15.5 Å². The van der Waals surface area contributed by atoms with Crippen LogP contribution in [0.1, 0.15) is 47.5 Å². The molecular formula is C22H22Cl2N4O4. The summed E-state index contributed by atoms with van der Waals surface area (Å²) in [6, 6.07) is 9.48. The lowest BCUT2D eigenvalue weighted by molar-refractivity contribution is -0.144. The van der Waals surface area contributed by atoms with E-state index in [2.05, 4.69) is 16.0 Å². The van der Waals surface area contributed by atoms with Crippen molar-refractivity contribution in [3.8, 4) is 0 Å². The van der Waals surface area contributed by atoms with Crippen LogP contribution in [-0.2, 0) is 16.1 Å². The molecule has 0 bridgehead atoms. The molecule has 3 unspecified atom stereocenters. The molecule has 4 rings (SSSR count). The van der Waals surface area contributed by atoms with E-state index in [-0.39, 0.29) is 30.9 Å². The van der Waals surface area contributed by atoms with Gasteiger partial charge in [-0.3, -0.25) is 19.7 Å². The molecule has 10 heteroatoms. The van der Waals surface area contributed by atoms with Gasteiger partial charge in [0, 0.05) is 29.8 Å². The van der Waals surface area contributed by atoms with Crippen LogP contribution in [0.3, 0.4) is 0 Å². The molecule has 168 valence electrons. The largest absolute Gasteiger partial charge is 0.374 e. The predicted octanol–water partition coefficient (Wildman–Crippen LogP) is 2.79. The maximum Gasteiger partial charge on any atom is 0.251 e. The number of fused-ring (bicyclic) bond motifs is 1. The third-order valence-corrected chi connectivity index (χ3v) is 6.43. The van der Waals surface area contributed by atoms with Gasteiger partial charge in [-0.1, -0.05) is 29.3 Å². The lowest BCUT2D eigenvalue weighted by atomic mass is 9.98. The number of imide groups is 1. The zero-order valence-electron chi connectivity index (χ0n) is 17.2. The minimum Gasteiger partial charge on any atom is -0.374 e. The van der Waals surface area contributed by atoms with Crippen molar-refractivity contribution in [2.24, 2.45) is 0 Å². The van der Waals surface area contributed by atoms with Crippen molar-refractivity contribution in [3.63, 3.8) is 0 Å². The quantitative estimate of drug-likeness (QED) is 0.505. The highest BCUT2D eigenvalue weighted by Crippen LogP contribution is 2.36. The number of nitrogens with one attached hydrogen (secondary N) is 3. The summed E-state index contributed by atoms with van der Waals surface area (Å²) in [5.74, 6) is -1.03. The molecule has 32 heavy (non-hydrogen) atoms. The Labute approximate surface area is 194 Å². The number of benzene rings is 2. The number of halogens is 2. The number of anilines is 1. The number of amides is 3. The van der Waals surface area contributed by atoms with Crippen molar-refractivity contribution in [1.29, 1.82) is 0 Å². The van der Waals surface area contributed by atoms with Crippen molar-refractivity contribution >= 4 is 46.6 Å². The minimum atomic E-state index is -1.05. The van der Waals surface area contributed by atoms with Crippen molar-refractivity contribution in [2.75, 3.05) is 5.32 Å². The molecule has 2 aliphatic rings.